The van der Waals surface area contributed by atoms with E-state index in [9.17, 15) is 0 Å². The molecule has 1 aliphatic rings. The van der Waals surface area contributed by atoms with Crippen molar-refractivity contribution < 1.29 is 0 Å². The Morgan fingerprint density at radius 2 is 1.72 bits per heavy atom. The molecule has 0 spiro atoms. The lowest BCUT2D eigenvalue weighted by atomic mass is 9.83. The van der Waals surface area contributed by atoms with E-state index in [4.69, 9.17) is 0 Å². The van der Waals surface area contributed by atoms with Crippen LogP contribution in [0.1, 0.15) is 59.8 Å². The molecule has 0 aliphatic heterocycles. The summed E-state index contributed by atoms with van der Waals surface area (Å²) in [6.07, 6.45) is 7.07. The first-order valence-electron chi connectivity index (χ1n) is 8.02. The van der Waals surface area contributed by atoms with Crippen molar-refractivity contribution in [2.75, 3.05) is 20.1 Å². The van der Waals surface area contributed by atoms with Crippen molar-refractivity contribution in [1.29, 1.82) is 0 Å². The summed E-state index contributed by atoms with van der Waals surface area (Å²) >= 11 is 0. The monoisotopic (exact) mass is 254 g/mol. The maximum Gasteiger partial charge on any atom is 0.0243 e. The van der Waals surface area contributed by atoms with Crippen molar-refractivity contribution in [3.63, 3.8) is 0 Å². The smallest absolute Gasteiger partial charge is 0.0243 e. The molecule has 0 radical (unpaired) electrons. The van der Waals surface area contributed by atoms with Crippen LogP contribution in [0.4, 0.5) is 0 Å². The summed E-state index contributed by atoms with van der Waals surface area (Å²) in [7, 11) is 2.35. The second kappa shape index (κ2) is 8.16. The fourth-order valence-electron chi connectivity index (χ4n) is 3.37. The van der Waals surface area contributed by atoms with Gasteiger partial charge in [-0.2, -0.15) is 0 Å². The van der Waals surface area contributed by atoms with Gasteiger partial charge in [0.25, 0.3) is 0 Å². The molecule has 108 valence electrons. The molecular weight excluding hydrogens is 220 g/mol. The van der Waals surface area contributed by atoms with E-state index in [1.807, 2.05) is 0 Å². The minimum atomic E-state index is 0.688. The van der Waals surface area contributed by atoms with Crippen molar-refractivity contribution in [1.82, 2.24) is 10.2 Å². The normalized spacial score (nSPS) is 26.8. The highest BCUT2D eigenvalue weighted by molar-refractivity contribution is 4.84. The lowest BCUT2D eigenvalue weighted by Crippen LogP contribution is -2.49. The zero-order valence-electron chi connectivity index (χ0n) is 13.2. The summed E-state index contributed by atoms with van der Waals surface area (Å²) in [6, 6.07) is 1.51. The quantitative estimate of drug-likeness (QED) is 0.748. The highest BCUT2D eigenvalue weighted by Gasteiger charge is 2.28. The molecule has 0 bridgehead atoms. The second-order valence-electron chi connectivity index (χ2n) is 6.37. The number of hydrogen-bond donors (Lipinski definition) is 1. The number of likely N-dealkylation sites (N-methyl/N-ethyl adjacent to an activating group) is 2. The third-order valence-electron chi connectivity index (χ3n) is 4.87. The molecule has 1 N–H and O–H groups in total. The summed E-state index contributed by atoms with van der Waals surface area (Å²) in [5, 5.41) is 3.53. The lowest BCUT2D eigenvalue weighted by molar-refractivity contribution is 0.0936. The molecule has 2 nitrogen and oxygen atoms in total. The van der Waals surface area contributed by atoms with Crippen LogP contribution in [-0.2, 0) is 0 Å². The third-order valence-corrected chi connectivity index (χ3v) is 4.87. The molecule has 0 amide bonds. The minimum Gasteiger partial charge on any atom is -0.315 e. The van der Waals surface area contributed by atoms with Gasteiger partial charge in [0.05, 0.1) is 0 Å². The van der Waals surface area contributed by atoms with Crippen molar-refractivity contribution in [3.8, 4) is 0 Å². The number of nitrogens with one attached hydrogen (secondary N) is 1. The zero-order valence-corrected chi connectivity index (χ0v) is 13.2. The van der Waals surface area contributed by atoms with Gasteiger partial charge >= 0.3 is 0 Å². The van der Waals surface area contributed by atoms with Crippen LogP contribution in [-0.4, -0.2) is 37.1 Å². The highest BCUT2D eigenvalue weighted by atomic mass is 15.2. The van der Waals surface area contributed by atoms with Crippen LogP contribution in [0, 0.1) is 11.8 Å². The summed E-state index contributed by atoms with van der Waals surface area (Å²) in [6.45, 7) is 11.5. The predicted octanol–water partition coefficient (Wildman–Crippen LogP) is 3.52. The Morgan fingerprint density at radius 1 is 1.11 bits per heavy atom. The molecule has 1 aliphatic carbocycles. The molecular formula is C16H34N2. The van der Waals surface area contributed by atoms with E-state index < -0.39 is 0 Å². The standard InChI is InChI=1S/C16H34N2/c1-6-14-8-10-15(11-9-14)18(5)16(13(3)4)12-17-7-2/h13-17H,6-12H2,1-5H3. The van der Waals surface area contributed by atoms with Crippen molar-refractivity contribution in [2.24, 2.45) is 11.8 Å². The molecule has 1 saturated carbocycles. The zero-order chi connectivity index (χ0) is 13.5. The maximum absolute atomic E-state index is 3.53. The Labute approximate surface area is 115 Å². The summed E-state index contributed by atoms with van der Waals surface area (Å²) < 4.78 is 0. The van der Waals surface area contributed by atoms with Crippen LogP contribution < -0.4 is 5.32 Å². The summed E-state index contributed by atoms with van der Waals surface area (Å²) in [5.41, 5.74) is 0. The molecule has 0 aromatic heterocycles. The van der Waals surface area contributed by atoms with Crippen LogP contribution in [0.25, 0.3) is 0 Å². The molecule has 0 aromatic carbocycles. The van der Waals surface area contributed by atoms with E-state index in [-0.39, 0.29) is 0 Å². The Kier molecular flexibility index (Phi) is 7.25. The Balaban J connectivity index is 2.47. The van der Waals surface area contributed by atoms with E-state index in [1.165, 1.54) is 32.1 Å². The second-order valence-corrected chi connectivity index (χ2v) is 6.37. The maximum atomic E-state index is 3.53. The number of hydrogen-bond acceptors (Lipinski definition) is 2. The topological polar surface area (TPSA) is 15.3 Å². The predicted molar refractivity (Wildman–Crippen MR) is 81.0 cm³/mol. The number of rotatable bonds is 7. The average molecular weight is 254 g/mol. The van der Waals surface area contributed by atoms with Gasteiger partial charge in [-0.25, -0.2) is 0 Å². The van der Waals surface area contributed by atoms with Gasteiger partial charge in [0, 0.05) is 18.6 Å². The van der Waals surface area contributed by atoms with Crippen LogP contribution >= 0.6 is 0 Å². The van der Waals surface area contributed by atoms with Crippen molar-refractivity contribution in [3.05, 3.63) is 0 Å². The molecule has 0 heterocycles. The van der Waals surface area contributed by atoms with E-state index in [2.05, 4.69) is 45.0 Å². The van der Waals surface area contributed by atoms with E-state index >= 15 is 0 Å². The van der Waals surface area contributed by atoms with Gasteiger partial charge in [0.2, 0.25) is 0 Å². The van der Waals surface area contributed by atoms with Gasteiger partial charge in [-0.3, -0.25) is 4.90 Å². The minimum absolute atomic E-state index is 0.688. The molecule has 1 rings (SSSR count). The fraction of sp³-hybridized carbons (Fsp3) is 1.00. The largest absolute Gasteiger partial charge is 0.315 e. The van der Waals surface area contributed by atoms with E-state index in [1.54, 1.807) is 0 Å². The Bertz CT molecular complexity index is 207. The number of nitrogens with zero attached hydrogens (tertiary/aromatic N) is 1. The molecule has 2 heteroatoms. The lowest BCUT2D eigenvalue weighted by Gasteiger charge is -2.41. The fourth-order valence-corrected chi connectivity index (χ4v) is 3.37. The van der Waals surface area contributed by atoms with Gasteiger partial charge in [-0.15, -0.1) is 0 Å². The Hall–Kier alpha value is -0.0800. The van der Waals surface area contributed by atoms with Crippen LogP contribution in [0.5, 0.6) is 0 Å². The van der Waals surface area contributed by atoms with E-state index in [0.29, 0.717) is 6.04 Å². The molecule has 0 aromatic rings. The van der Waals surface area contributed by atoms with Crippen molar-refractivity contribution in [2.45, 2.75) is 71.9 Å². The van der Waals surface area contributed by atoms with Gasteiger partial charge < -0.3 is 5.32 Å². The van der Waals surface area contributed by atoms with Gasteiger partial charge in [-0.05, 0) is 51.1 Å². The molecule has 1 atom stereocenters. The summed E-state index contributed by atoms with van der Waals surface area (Å²) in [4.78, 5) is 2.67. The third kappa shape index (κ3) is 4.55. The van der Waals surface area contributed by atoms with Gasteiger partial charge in [-0.1, -0.05) is 34.1 Å². The molecule has 1 unspecified atom stereocenters. The first-order valence-corrected chi connectivity index (χ1v) is 8.02. The molecule has 18 heavy (non-hydrogen) atoms. The Morgan fingerprint density at radius 3 is 2.17 bits per heavy atom. The highest BCUT2D eigenvalue weighted by Crippen LogP contribution is 2.30. The molecule has 0 saturated heterocycles. The van der Waals surface area contributed by atoms with E-state index in [0.717, 1.165) is 31.0 Å². The first-order chi connectivity index (χ1) is 8.60. The molecule has 1 fully saturated rings. The van der Waals surface area contributed by atoms with Gasteiger partial charge in [0.1, 0.15) is 0 Å². The first kappa shape index (κ1) is 16.0. The average Bonchev–Trinajstić information content (AvgIpc) is 2.38. The van der Waals surface area contributed by atoms with Crippen LogP contribution in [0.2, 0.25) is 0 Å². The SMILES string of the molecule is CCNCC(C(C)C)N(C)C1CCC(CC)CC1. The van der Waals surface area contributed by atoms with Crippen LogP contribution in [0.15, 0.2) is 0 Å². The van der Waals surface area contributed by atoms with Gasteiger partial charge in [0.15, 0.2) is 0 Å². The summed E-state index contributed by atoms with van der Waals surface area (Å²) in [5.74, 6) is 1.74. The van der Waals surface area contributed by atoms with Crippen LogP contribution in [0.3, 0.4) is 0 Å². The van der Waals surface area contributed by atoms with Crippen molar-refractivity contribution >= 4 is 0 Å².